The maximum atomic E-state index is 12.2. The van der Waals surface area contributed by atoms with Crippen molar-refractivity contribution in [1.82, 2.24) is 4.98 Å². The van der Waals surface area contributed by atoms with Gasteiger partial charge in [-0.1, -0.05) is 23.2 Å². The van der Waals surface area contributed by atoms with Crippen molar-refractivity contribution < 1.29 is 13.2 Å². The van der Waals surface area contributed by atoms with E-state index in [1.54, 1.807) is 25.3 Å². The molecule has 5 nitrogen and oxygen atoms in total. The van der Waals surface area contributed by atoms with E-state index in [1.165, 1.54) is 6.07 Å². The number of nitrogens with zero attached hydrogens (tertiary/aromatic N) is 1. The molecule has 0 aliphatic rings. The fourth-order valence-corrected chi connectivity index (χ4v) is 3.06. The Labute approximate surface area is 132 Å². The van der Waals surface area contributed by atoms with Gasteiger partial charge < -0.3 is 4.74 Å². The van der Waals surface area contributed by atoms with Gasteiger partial charge in [-0.15, -0.1) is 0 Å². The molecule has 1 heterocycles. The van der Waals surface area contributed by atoms with Gasteiger partial charge in [-0.25, -0.2) is 13.4 Å². The number of anilines is 1. The molecular formula is C13H12Cl2N2O3S. The van der Waals surface area contributed by atoms with Crippen LogP contribution in [-0.4, -0.2) is 20.5 Å². The number of hydrogen-bond acceptors (Lipinski definition) is 4. The van der Waals surface area contributed by atoms with E-state index in [1.807, 2.05) is 6.92 Å². The molecular weight excluding hydrogens is 335 g/mol. The van der Waals surface area contributed by atoms with E-state index in [0.29, 0.717) is 11.4 Å². The monoisotopic (exact) mass is 346 g/mol. The topological polar surface area (TPSA) is 68.3 Å². The van der Waals surface area contributed by atoms with Crippen molar-refractivity contribution in [1.29, 1.82) is 0 Å². The van der Waals surface area contributed by atoms with Gasteiger partial charge in [-0.05, 0) is 36.8 Å². The average Bonchev–Trinajstić information content (AvgIpc) is 2.41. The quantitative estimate of drug-likeness (QED) is 0.860. The number of benzene rings is 1. The number of hydrogen-bond donors (Lipinski definition) is 1. The fraction of sp³-hybridized carbons (Fsp3) is 0.154. The molecule has 112 valence electrons. The van der Waals surface area contributed by atoms with Crippen LogP contribution in [0.1, 0.15) is 5.56 Å². The van der Waals surface area contributed by atoms with Gasteiger partial charge in [0.25, 0.3) is 10.0 Å². The molecule has 0 atom stereocenters. The van der Waals surface area contributed by atoms with Crippen molar-refractivity contribution in [2.75, 3.05) is 11.8 Å². The molecule has 0 fully saturated rings. The summed E-state index contributed by atoms with van der Waals surface area (Å²) in [6.07, 6.45) is 1.15. The van der Waals surface area contributed by atoms with Crippen LogP contribution in [0.15, 0.2) is 35.4 Å². The third-order valence-electron chi connectivity index (χ3n) is 2.73. The zero-order valence-electron chi connectivity index (χ0n) is 11.2. The lowest BCUT2D eigenvalue weighted by Gasteiger charge is -2.11. The molecule has 2 rings (SSSR count). The van der Waals surface area contributed by atoms with Gasteiger partial charge >= 0.3 is 0 Å². The van der Waals surface area contributed by atoms with Gasteiger partial charge in [0.05, 0.1) is 12.1 Å². The minimum Gasteiger partial charge on any atom is -0.496 e. The molecule has 8 heteroatoms. The first-order chi connectivity index (χ1) is 9.83. The van der Waals surface area contributed by atoms with Crippen molar-refractivity contribution in [3.63, 3.8) is 0 Å². The van der Waals surface area contributed by atoms with Crippen LogP contribution in [-0.2, 0) is 10.0 Å². The molecule has 0 saturated carbocycles. The Hall–Kier alpha value is -1.50. The second-order valence-corrected chi connectivity index (χ2v) is 6.68. The van der Waals surface area contributed by atoms with Crippen molar-refractivity contribution in [2.45, 2.75) is 11.8 Å². The second-order valence-electron chi connectivity index (χ2n) is 4.23. The highest BCUT2D eigenvalue weighted by Crippen LogP contribution is 2.26. The minimum atomic E-state index is -3.79. The van der Waals surface area contributed by atoms with Gasteiger partial charge in [0.2, 0.25) is 0 Å². The van der Waals surface area contributed by atoms with Gasteiger partial charge in [-0.3, -0.25) is 4.72 Å². The van der Waals surface area contributed by atoms with Crippen molar-refractivity contribution >= 4 is 38.9 Å². The lowest BCUT2D eigenvalue weighted by atomic mass is 10.2. The minimum absolute atomic E-state index is 0.0518. The molecule has 21 heavy (non-hydrogen) atoms. The Morgan fingerprint density at radius 3 is 2.52 bits per heavy atom. The molecule has 0 spiro atoms. The summed E-state index contributed by atoms with van der Waals surface area (Å²) >= 11 is 11.5. The van der Waals surface area contributed by atoms with E-state index in [4.69, 9.17) is 27.9 Å². The van der Waals surface area contributed by atoms with E-state index in [2.05, 4.69) is 9.71 Å². The van der Waals surface area contributed by atoms with Crippen LogP contribution in [0.3, 0.4) is 0 Å². The molecule has 1 N–H and O–H groups in total. The summed E-state index contributed by atoms with van der Waals surface area (Å²) in [6.45, 7) is 1.82. The second kappa shape index (κ2) is 6.09. The van der Waals surface area contributed by atoms with E-state index in [9.17, 15) is 8.42 Å². The average molecular weight is 347 g/mol. The van der Waals surface area contributed by atoms with E-state index in [0.717, 1.165) is 11.8 Å². The Morgan fingerprint density at radius 2 is 1.95 bits per heavy atom. The summed E-state index contributed by atoms with van der Waals surface area (Å²) in [6, 6.07) is 6.20. The fourth-order valence-electron chi connectivity index (χ4n) is 1.71. The smallest absolute Gasteiger partial charge is 0.263 e. The molecule has 1 aromatic heterocycles. The van der Waals surface area contributed by atoms with Crippen molar-refractivity contribution in [2.24, 2.45) is 0 Å². The zero-order valence-corrected chi connectivity index (χ0v) is 13.6. The molecule has 0 unspecified atom stereocenters. The number of halogens is 2. The molecule has 0 aliphatic heterocycles. The van der Waals surface area contributed by atoms with Crippen LogP contribution in [0.2, 0.25) is 10.2 Å². The molecule has 0 saturated heterocycles. The van der Waals surface area contributed by atoms with Gasteiger partial charge in [0, 0.05) is 11.9 Å². The number of aryl methyl sites for hydroxylation is 1. The summed E-state index contributed by atoms with van der Waals surface area (Å²) in [5.74, 6) is 0.675. The Morgan fingerprint density at radius 1 is 1.24 bits per heavy atom. The summed E-state index contributed by atoms with van der Waals surface area (Å²) in [5.41, 5.74) is 1.23. The third-order valence-corrected chi connectivity index (χ3v) is 4.76. The highest BCUT2D eigenvalue weighted by atomic mass is 35.5. The standard InChI is InChI=1S/C13H12Cl2N2O3S/c1-8-5-9(3-4-12(8)20-2)17-21(18,19)10-6-11(14)13(15)16-7-10/h3-7,17H,1-2H3. The molecule has 1 aromatic carbocycles. The summed E-state index contributed by atoms with van der Waals surface area (Å²) < 4.78 is 32.1. The van der Waals surface area contributed by atoms with E-state index < -0.39 is 10.0 Å². The first-order valence-corrected chi connectivity index (χ1v) is 8.06. The SMILES string of the molecule is COc1ccc(NS(=O)(=O)c2cnc(Cl)c(Cl)c2)cc1C. The van der Waals surface area contributed by atoms with Crippen LogP contribution < -0.4 is 9.46 Å². The summed E-state index contributed by atoms with van der Waals surface area (Å²) in [4.78, 5) is 3.66. The van der Waals surface area contributed by atoms with Crippen LogP contribution in [0.4, 0.5) is 5.69 Å². The maximum absolute atomic E-state index is 12.2. The van der Waals surface area contributed by atoms with Crippen LogP contribution in [0, 0.1) is 6.92 Å². The summed E-state index contributed by atoms with van der Waals surface area (Å²) in [5, 5.41) is 0.126. The van der Waals surface area contributed by atoms with Gasteiger partial charge in [0.1, 0.15) is 15.8 Å². The number of ether oxygens (including phenoxy) is 1. The lowest BCUT2D eigenvalue weighted by Crippen LogP contribution is -2.13. The molecule has 0 bridgehead atoms. The number of nitrogens with one attached hydrogen (secondary N) is 1. The van der Waals surface area contributed by atoms with E-state index >= 15 is 0 Å². The molecule has 0 amide bonds. The largest absolute Gasteiger partial charge is 0.496 e. The van der Waals surface area contributed by atoms with Gasteiger partial charge in [0.15, 0.2) is 0 Å². The number of pyridine rings is 1. The molecule has 0 radical (unpaired) electrons. The van der Waals surface area contributed by atoms with E-state index in [-0.39, 0.29) is 15.1 Å². The predicted octanol–water partition coefficient (Wildman–Crippen LogP) is 3.51. The molecule has 0 aliphatic carbocycles. The first kappa shape index (κ1) is 15.9. The normalized spacial score (nSPS) is 11.2. The predicted molar refractivity (Wildman–Crippen MR) is 82.8 cm³/mol. The Kier molecular flexibility index (Phi) is 4.61. The highest BCUT2D eigenvalue weighted by molar-refractivity contribution is 7.92. The summed E-state index contributed by atoms with van der Waals surface area (Å²) in [7, 11) is -2.24. The van der Waals surface area contributed by atoms with Crippen LogP contribution >= 0.6 is 23.2 Å². The third kappa shape index (κ3) is 3.58. The van der Waals surface area contributed by atoms with Crippen molar-refractivity contribution in [3.8, 4) is 5.75 Å². The van der Waals surface area contributed by atoms with Crippen molar-refractivity contribution in [3.05, 3.63) is 46.2 Å². The zero-order chi connectivity index (χ0) is 15.6. The van der Waals surface area contributed by atoms with Crippen LogP contribution in [0.25, 0.3) is 0 Å². The highest BCUT2D eigenvalue weighted by Gasteiger charge is 2.17. The maximum Gasteiger partial charge on any atom is 0.263 e. The molecule has 2 aromatic rings. The van der Waals surface area contributed by atoms with Crippen LogP contribution in [0.5, 0.6) is 5.75 Å². The first-order valence-electron chi connectivity index (χ1n) is 5.82. The number of methoxy groups -OCH3 is 1. The number of sulfonamides is 1. The lowest BCUT2D eigenvalue weighted by molar-refractivity contribution is 0.412. The number of rotatable bonds is 4. The Balaban J connectivity index is 2.32. The Bertz CT molecular complexity index is 779. The number of aromatic nitrogens is 1. The van der Waals surface area contributed by atoms with Gasteiger partial charge in [-0.2, -0.15) is 0 Å².